The minimum Gasteiger partial charge on any atom is -0.289 e. The second kappa shape index (κ2) is 4.65. The first-order chi connectivity index (χ1) is 9.91. The first-order valence-electron chi connectivity index (χ1n) is 5.77. The highest BCUT2D eigenvalue weighted by Gasteiger charge is 2.37. The summed E-state index contributed by atoms with van der Waals surface area (Å²) in [6.45, 7) is 0. The van der Waals surface area contributed by atoms with Crippen LogP contribution in [0.5, 0.6) is 0 Å². The van der Waals surface area contributed by atoms with Crippen LogP contribution in [0, 0.1) is 10.1 Å². The maximum Gasteiger partial charge on any atom is 0.299 e. The fourth-order valence-electron chi connectivity index (χ4n) is 2.35. The van der Waals surface area contributed by atoms with E-state index in [1.54, 1.807) is 0 Å². The summed E-state index contributed by atoms with van der Waals surface area (Å²) in [5, 5.41) is 11.2. The van der Waals surface area contributed by atoms with Gasteiger partial charge in [0.1, 0.15) is 10.6 Å². The summed E-state index contributed by atoms with van der Waals surface area (Å²) < 4.78 is 0. The van der Waals surface area contributed by atoms with E-state index < -0.39 is 22.2 Å². The highest BCUT2D eigenvalue weighted by atomic mass is 35.5. The van der Waals surface area contributed by atoms with E-state index in [4.69, 9.17) is 23.2 Å². The number of nitro benzene ring substituents is 1. The van der Waals surface area contributed by atoms with Gasteiger partial charge in [-0.15, -0.1) is 0 Å². The molecule has 1 aliphatic carbocycles. The molecule has 0 unspecified atom stereocenters. The van der Waals surface area contributed by atoms with E-state index in [1.807, 2.05) is 0 Å². The summed E-state index contributed by atoms with van der Waals surface area (Å²) >= 11 is 11.6. The summed E-state index contributed by atoms with van der Waals surface area (Å²) in [4.78, 5) is 35.3. The summed E-state index contributed by atoms with van der Waals surface area (Å²) in [5.74, 6) is -1.09. The zero-order chi connectivity index (χ0) is 15.3. The molecule has 0 aliphatic heterocycles. The molecule has 7 heteroatoms. The van der Waals surface area contributed by atoms with Crippen molar-refractivity contribution < 1.29 is 14.5 Å². The van der Waals surface area contributed by atoms with Crippen molar-refractivity contribution in [3.8, 4) is 0 Å². The Kier molecular flexibility index (Phi) is 3.04. The summed E-state index contributed by atoms with van der Waals surface area (Å²) in [7, 11) is 0. The molecule has 0 heterocycles. The largest absolute Gasteiger partial charge is 0.299 e. The molecule has 21 heavy (non-hydrogen) atoms. The lowest BCUT2D eigenvalue weighted by atomic mass is 9.83. The van der Waals surface area contributed by atoms with Gasteiger partial charge in [0.2, 0.25) is 5.78 Å². The zero-order valence-corrected chi connectivity index (χ0v) is 11.7. The standard InChI is InChI=1S/C14H5Cl2NO4/c15-6-1-2-7-9(5-6)14(19)11-8(13(7)18)3-4-10(16)12(11)17(20)21/h1-5H. The number of carbonyl (C=O) groups is 2. The molecule has 0 N–H and O–H groups in total. The molecule has 0 radical (unpaired) electrons. The van der Waals surface area contributed by atoms with Gasteiger partial charge in [0.25, 0.3) is 5.69 Å². The maximum atomic E-state index is 12.5. The van der Waals surface area contributed by atoms with E-state index >= 15 is 0 Å². The summed E-state index contributed by atoms with van der Waals surface area (Å²) in [6.07, 6.45) is 0. The fourth-order valence-corrected chi connectivity index (χ4v) is 2.74. The van der Waals surface area contributed by atoms with Gasteiger partial charge in [-0.3, -0.25) is 19.7 Å². The van der Waals surface area contributed by atoms with Crippen LogP contribution >= 0.6 is 23.2 Å². The molecule has 1 aliphatic rings. The molecule has 104 valence electrons. The van der Waals surface area contributed by atoms with Gasteiger partial charge in [0.15, 0.2) is 5.78 Å². The van der Waals surface area contributed by atoms with Crippen LogP contribution in [-0.4, -0.2) is 16.5 Å². The Morgan fingerprint density at radius 3 is 2.24 bits per heavy atom. The molecular weight excluding hydrogens is 317 g/mol. The lowest BCUT2D eigenvalue weighted by Crippen LogP contribution is -2.22. The molecular formula is C14H5Cl2NO4. The molecule has 0 spiro atoms. The van der Waals surface area contributed by atoms with E-state index in [0.717, 1.165) is 0 Å². The average Bonchev–Trinajstić information content (AvgIpc) is 2.43. The van der Waals surface area contributed by atoms with Gasteiger partial charge in [-0.25, -0.2) is 0 Å². The summed E-state index contributed by atoms with van der Waals surface area (Å²) in [5.41, 5.74) is -0.643. The third kappa shape index (κ3) is 1.93. The zero-order valence-electron chi connectivity index (χ0n) is 10.2. The fraction of sp³-hybridized carbons (Fsp3) is 0. The van der Waals surface area contributed by atoms with Crippen LogP contribution in [0.15, 0.2) is 30.3 Å². The number of fused-ring (bicyclic) bond motifs is 2. The third-order valence-corrected chi connectivity index (χ3v) is 3.79. The highest BCUT2D eigenvalue weighted by Crippen LogP contribution is 2.38. The minimum absolute atomic E-state index is 0.0223. The Hall–Kier alpha value is -2.24. The van der Waals surface area contributed by atoms with E-state index in [1.165, 1.54) is 30.3 Å². The van der Waals surface area contributed by atoms with E-state index in [9.17, 15) is 19.7 Å². The molecule has 0 aromatic heterocycles. The highest BCUT2D eigenvalue weighted by molar-refractivity contribution is 6.37. The van der Waals surface area contributed by atoms with Gasteiger partial charge in [0, 0.05) is 21.7 Å². The molecule has 2 aromatic carbocycles. The molecule has 0 saturated carbocycles. The number of ketones is 2. The molecule has 0 amide bonds. The van der Waals surface area contributed by atoms with Crippen LogP contribution in [0.1, 0.15) is 31.8 Å². The molecule has 2 aromatic rings. The van der Waals surface area contributed by atoms with Gasteiger partial charge >= 0.3 is 0 Å². The van der Waals surface area contributed by atoms with Crippen LogP contribution in [0.3, 0.4) is 0 Å². The molecule has 0 saturated heterocycles. The lowest BCUT2D eigenvalue weighted by molar-refractivity contribution is -0.385. The number of nitro groups is 1. The van der Waals surface area contributed by atoms with Crippen molar-refractivity contribution in [1.29, 1.82) is 0 Å². The Morgan fingerprint density at radius 1 is 0.905 bits per heavy atom. The second-order valence-corrected chi connectivity index (χ2v) is 5.27. The minimum atomic E-state index is -0.762. The molecule has 0 bridgehead atoms. The number of hydrogen-bond donors (Lipinski definition) is 0. The molecule has 3 rings (SSSR count). The quantitative estimate of drug-likeness (QED) is 0.506. The molecule has 0 atom stereocenters. The van der Waals surface area contributed by atoms with E-state index in [-0.39, 0.29) is 32.3 Å². The predicted molar refractivity (Wildman–Crippen MR) is 76.4 cm³/mol. The summed E-state index contributed by atoms with van der Waals surface area (Å²) in [6, 6.07) is 6.81. The van der Waals surface area contributed by atoms with Gasteiger partial charge in [-0.2, -0.15) is 0 Å². The number of carbonyl (C=O) groups excluding carboxylic acids is 2. The first-order valence-corrected chi connectivity index (χ1v) is 6.53. The number of halogens is 2. The maximum absolute atomic E-state index is 12.5. The van der Waals surface area contributed by atoms with Crippen LogP contribution in [0.4, 0.5) is 5.69 Å². The van der Waals surface area contributed by atoms with Gasteiger partial charge < -0.3 is 0 Å². The SMILES string of the molecule is O=C1c2ccc(Cl)cc2C(=O)c2c1ccc(Cl)c2[N+](=O)[O-]. The monoisotopic (exact) mass is 321 g/mol. The van der Waals surface area contributed by atoms with E-state index in [0.29, 0.717) is 0 Å². The third-order valence-electron chi connectivity index (χ3n) is 3.25. The number of hydrogen-bond acceptors (Lipinski definition) is 4. The van der Waals surface area contributed by atoms with Crippen LogP contribution in [0.25, 0.3) is 0 Å². The van der Waals surface area contributed by atoms with E-state index in [2.05, 4.69) is 0 Å². The normalized spacial score (nSPS) is 12.9. The number of rotatable bonds is 1. The average molecular weight is 322 g/mol. The van der Waals surface area contributed by atoms with Crippen molar-refractivity contribution in [2.45, 2.75) is 0 Å². The lowest BCUT2D eigenvalue weighted by Gasteiger charge is -2.17. The second-order valence-electron chi connectivity index (χ2n) is 4.42. The van der Waals surface area contributed by atoms with Crippen molar-refractivity contribution in [3.05, 3.63) is 72.7 Å². The predicted octanol–water partition coefficient (Wildman–Crippen LogP) is 3.68. The molecule has 0 fully saturated rings. The first kappa shape index (κ1) is 13.7. The van der Waals surface area contributed by atoms with Crippen LogP contribution in [-0.2, 0) is 0 Å². The number of benzene rings is 2. The molecule has 5 nitrogen and oxygen atoms in total. The Bertz CT molecular complexity index is 845. The van der Waals surface area contributed by atoms with Crippen molar-refractivity contribution in [1.82, 2.24) is 0 Å². The van der Waals surface area contributed by atoms with Crippen molar-refractivity contribution in [3.63, 3.8) is 0 Å². The van der Waals surface area contributed by atoms with Gasteiger partial charge in [0.05, 0.1) is 4.92 Å². The van der Waals surface area contributed by atoms with Crippen molar-refractivity contribution in [2.75, 3.05) is 0 Å². The van der Waals surface area contributed by atoms with Gasteiger partial charge in [-0.1, -0.05) is 23.2 Å². The smallest absolute Gasteiger partial charge is 0.289 e. The Labute approximate surface area is 128 Å². The Morgan fingerprint density at radius 2 is 1.57 bits per heavy atom. The van der Waals surface area contributed by atoms with Crippen molar-refractivity contribution >= 4 is 40.5 Å². The topological polar surface area (TPSA) is 77.3 Å². The van der Waals surface area contributed by atoms with Gasteiger partial charge in [-0.05, 0) is 30.3 Å². The number of nitrogens with zero attached hydrogens (tertiary/aromatic N) is 1. The van der Waals surface area contributed by atoms with Crippen LogP contribution < -0.4 is 0 Å². The van der Waals surface area contributed by atoms with Crippen LogP contribution in [0.2, 0.25) is 10.0 Å². The van der Waals surface area contributed by atoms with Crippen molar-refractivity contribution in [2.24, 2.45) is 0 Å². The Balaban J connectivity index is 2.39.